The van der Waals surface area contributed by atoms with Crippen molar-refractivity contribution in [2.24, 2.45) is 0 Å². The number of carbonyl (C=O) groups excluding carboxylic acids is 1. The number of carbonyl (C=O) groups is 1. The van der Waals surface area contributed by atoms with E-state index in [4.69, 9.17) is 26.5 Å². The first-order valence-electron chi connectivity index (χ1n) is 9.19. The molecule has 148 valence electrons. The van der Waals surface area contributed by atoms with Gasteiger partial charge in [0.2, 0.25) is 12.5 Å². The molecule has 0 fully saturated rings. The number of fused-ring (bicyclic) bond motifs is 1. The lowest BCUT2D eigenvalue weighted by Crippen LogP contribution is -2.17. The van der Waals surface area contributed by atoms with Crippen LogP contribution in [0.5, 0.6) is 11.5 Å². The largest absolute Gasteiger partial charge is 0.465 e. The zero-order valence-corrected chi connectivity index (χ0v) is 16.2. The van der Waals surface area contributed by atoms with Gasteiger partial charge in [0.05, 0.1) is 30.4 Å². The third kappa shape index (κ3) is 3.78. The molecule has 1 unspecified atom stereocenters. The summed E-state index contributed by atoms with van der Waals surface area (Å²) in [4.78, 5) is 20.1. The van der Waals surface area contributed by atoms with Crippen molar-refractivity contribution >= 4 is 17.5 Å². The highest BCUT2D eigenvalue weighted by Gasteiger charge is 2.28. The molecule has 0 radical (unpaired) electrons. The van der Waals surface area contributed by atoms with Crippen LogP contribution in [0, 0.1) is 17.9 Å². The Hall–Kier alpha value is -3.78. The van der Waals surface area contributed by atoms with E-state index in [9.17, 15) is 10.1 Å². The highest BCUT2D eigenvalue weighted by Crippen LogP contribution is 2.43. The van der Waals surface area contributed by atoms with Crippen molar-refractivity contribution in [3.8, 4) is 28.7 Å². The van der Waals surface area contributed by atoms with Crippen molar-refractivity contribution in [1.29, 1.82) is 5.26 Å². The van der Waals surface area contributed by atoms with E-state index in [0.29, 0.717) is 29.2 Å². The second-order valence-corrected chi connectivity index (χ2v) is 6.52. The Labute approximate surface area is 168 Å². The van der Waals surface area contributed by atoms with Crippen LogP contribution in [-0.4, -0.2) is 24.4 Å². The summed E-state index contributed by atoms with van der Waals surface area (Å²) >= 11 is 0. The molecule has 1 aliphatic heterocycles. The summed E-state index contributed by atoms with van der Waals surface area (Å²) in [7, 11) is 0. The highest BCUT2D eigenvalue weighted by atomic mass is 16.7. The van der Waals surface area contributed by atoms with Crippen LogP contribution in [0.1, 0.15) is 43.9 Å². The van der Waals surface area contributed by atoms with E-state index in [1.807, 2.05) is 6.92 Å². The number of ether oxygens (including phenoxy) is 3. The number of esters is 1. The lowest BCUT2D eigenvalue weighted by Gasteiger charge is -2.17. The van der Waals surface area contributed by atoms with Gasteiger partial charge in [-0.15, -0.1) is 0 Å². The van der Waals surface area contributed by atoms with Gasteiger partial charge < -0.3 is 19.9 Å². The number of benzene rings is 1. The van der Waals surface area contributed by atoms with E-state index < -0.39 is 11.9 Å². The summed E-state index contributed by atoms with van der Waals surface area (Å²) in [6.07, 6.45) is 1.64. The van der Waals surface area contributed by atoms with Crippen molar-refractivity contribution in [2.75, 3.05) is 19.1 Å². The Bertz CT molecular complexity index is 1040. The summed E-state index contributed by atoms with van der Waals surface area (Å²) in [5.41, 5.74) is 7.25. The van der Waals surface area contributed by atoms with E-state index in [1.54, 1.807) is 25.1 Å². The number of anilines is 1. The van der Waals surface area contributed by atoms with Gasteiger partial charge in [0.1, 0.15) is 11.9 Å². The Morgan fingerprint density at radius 2 is 2.21 bits per heavy atom. The van der Waals surface area contributed by atoms with Crippen LogP contribution < -0.4 is 15.2 Å². The van der Waals surface area contributed by atoms with Crippen LogP contribution in [0.2, 0.25) is 0 Å². The predicted molar refractivity (Wildman–Crippen MR) is 105 cm³/mol. The summed E-state index contributed by atoms with van der Waals surface area (Å²) in [6, 6.07) is 7.19. The van der Waals surface area contributed by atoms with E-state index in [-0.39, 0.29) is 29.6 Å². The van der Waals surface area contributed by atoms with Crippen molar-refractivity contribution in [3.05, 3.63) is 40.9 Å². The van der Waals surface area contributed by atoms with Gasteiger partial charge in [0.15, 0.2) is 11.5 Å². The number of unbranched alkanes of at least 4 members (excludes halogenated alkanes) is 1. The molecule has 8 nitrogen and oxygen atoms in total. The topological polar surface area (TPSA) is 112 Å². The molecule has 29 heavy (non-hydrogen) atoms. The average molecular weight is 392 g/mol. The highest BCUT2D eigenvalue weighted by molar-refractivity contribution is 5.92. The molecule has 0 amide bonds. The van der Waals surface area contributed by atoms with Crippen molar-refractivity contribution in [3.63, 3.8) is 0 Å². The van der Waals surface area contributed by atoms with Crippen LogP contribution in [0.3, 0.4) is 0 Å². The fraction of sp³-hybridized carbons (Fsp3) is 0.333. The first-order chi connectivity index (χ1) is 14.0. The van der Waals surface area contributed by atoms with Gasteiger partial charge in [-0.05, 0) is 31.0 Å². The number of nitrogens with two attached hydrogens (primary N) is 1. The third-order valence-corrected chi connectivity index (χ3v) is 4.62. The Morgan fingerprint density at radius 3 is 2.90 bits per heavy atom. The number of hydrogen-bond donors (Lipinski definition) is 1. The number of nitriles is 1. The van der Waals surface area contributed by atoms with Crippen LogP contribution in [0.25, 0.3) is 16.0 Å². The third-order valence-electron chi connectivity index (χ3n) is 4.62. The molecule has 0 saturated heterocycles. The summed E-state index contributed by atoms with van der Waals surface area (Å²) in [5, 5.41) is 9.87. The zero-order chi connectivity index (χ0) is 21.0. The standard InChI is InChI=1S/C21H20N4O4/c1-4-5-8-27-21(26)12(2)18-14(10-22)17(19(24-3)20(23)25-18)13-6-7-15-16(9-13)29-11-28-15/h6-7,9,12H,4-5,8,11H2,1-2H3,(H2,23,25). The van der Waals surface area contributed by atoms with Gasteiger partial charge in [-0.1, -0.05) is 19.4 Å². The molecule has 0 aliphatic carbocycles. The minimum Gasteiger partial charge on any atom is -0.465 e. The maximum Gasteiger partial charge on any atom is 0.314 e. The van der Waals surface area contributed by atoms with Crippen molar-refractivity contribution in [2.45, 2.75) is 32.6 Å². The predicted octanol–water partition coefficient (Wildman–Crippen LogP) is 3.93. The average Bonchev–Trinajstić information content (AvgIpc) is 3.20. The maximum atomic E-state index is 12.4. The molecule has 1 aromatic carbocycles. The summed E-state index contributed by atoms with van der Waals surface area (Å²) < 4.78 is 16.0. The lowest BCUT2D eigenvalue weighted by atomic mass is 9.92. The second-order valence-electron chi connectivity index (χ2n) is 6.52. The van der Waals surface area contributed by atoms with E-state index in [0.717, 1.165) is 12.8 Å². The Morgan fingerprint density at radius 1 is 1.45 bits per heavy atom. The number of aromatic nitrogens is 1. The van der Waals surface area contributed by atoms with Crippen molar-refractivity contribution in [1.82, 2.24) is 4.98 Å². The van der Waals surface area contributed by atoms with Crippen LogP contribution >= 0.6 is 0 Å². The van der Waals surface area contributed by atoms with Gasteiger partial charge in [-0.25, -0.2) is 9.83 Å². The fourth-order valence-corrected chi connectivity index (χ4v) is 3.04. The lowest BCUT2D eigenvalue weighted by molar-refractivity contribution is -0.145. The van der Waals surface area contributed by atoms with Crippen LogP contribution in [0.15, 0.2) is 18.2 Å². The van der Waals surface area contributed by atoms with Gasteiger partial charge in [-0.3, -0.25) is 4.79 Å². The molecule has 0 spiro atoms. The molecule has 2 heterocycles. The van der Waals surface area contributed by atoms with Crippen LogP contribution in [-0.2, 0) is 9.53 Å². The molecule has 0 saturated carbocycles. The molecule has 1 aromatic heterocycles. The number of nitrogen functional groups attached to an aromatic ring is 1. The minimum atomic E-state index is -0.809. The first kappa shape index (κ1) is 20.0. The number of pyridine rings is 1. The van der Waals surface area contributed by atoms with Crippen LogP contribution in [0.4, 0.5) is 11.5 Å². The monoisotopic (exact) mass is 392 g/mol. The quantitative estimate of drug-likeness (QED) is 0.450. The van der Waals surface area contributed by atoms with Gasteiger partial charge in [0.25, 0.3) is 0 Å². The molecule has 8 heteroatoms. The van der Waals surface area contributed by atoms with Crippen molar-refractivity contribution < 1.29 is 19.0 Å². The normalized spacial score (nSPS) is 12.7. The SMILES string of the molecule is [C-]#[N+]c1c(N)nc(C(C)C(=O)OCCCC)c(C#N)c1-c1ccc2c(c1)OCO2. The molecule has 2 N–H and O–H groups in total. The minimum absolute atomic E-state index is 0.0464. The number of rotatable bonds is 6. The molecule has 1 atom stereocenters. The number of nitrogens with zero attached hydrogens (tertiary/aromatic N) is 3. The maximum absolute atomic E-state index is 12.4. The van der Waals surface area contributed by atoms with E-state index in [2.05, 4.69) is 15.9 Å². The van der Waals surface area contributed by atoms with E-state index in [1.165, 1.54) is 0 Å². The fourth-order valence-electron chi connectivity index (χ4n) is 3.04. The molecule has 3 rings (SSSR count). The summed E-state index contributed by atoms with van der Waals surface area (Å²) in [5.74, 6) is -0.265. The number of hydrogen-bond acceptors (Lipinski definition) is 7. The second kappa shape index (κ2) is 8.49. The van der Waals surface area contributed by atoms with E-state index >= 15 is 0 Å². The molecule has 2 aromatic rings. The Kier molecular flexibility index (Phi) is 5.85. The molecular formula is C21H20N4O4. The first-order valence-corrected chi connectivity index (χ1v) is 9.19. The molecule has 0 bridgehead atoms. The van der Waals surface area contributed by atoms with Gasteiger partial charge in [0, 0.05) is 5.56 Å². The zero-order valence-electron chi connectivity index (χ0n) is 16.2. The Balaban J connectivity index is 2.12. The van der Waals surface area contributed by atoms with Gasteiger partial charge >= 0.3 is 5.97 Å². The molecule has 1 aliphatic rings. The van der Waals surface area contributed by atoms with Gasteiger partial charge in [-0.2, -0.15) is 5.26 Å². The summed E-state index contributed by atoms with van der Waals surface area (Å²) in [6.45, 7) is 11.5. The molecular weight excluding hydrogens is 372 g/mol. The smallest absolute Gasteiger partial charge is 0.314 e.